The van der Waals surface area contributed by atoms with Gasteiger partial charge in [-0.3, -0.25) is 0 Å². The van der Waals surface area contributed by atoms with E-state index in [-0.39, 0.29) is 40.9 Å². The van der Waals surface area contributed by atoms with Crippen molar-refractivity contribution in [3.63, 3.8) is 0 Å². The van der Waals surface area contributed by atoms with Gasteiger partial charge in [0.1, 0.15) is 0 Å². The molecule has 0 radical (unpaired) electrons. The number of fused-ring (bicyclic) bond motifs is 5. The summed E-state index contributed by atoms with van der Waals surface area (Å²) in [5, 5.41) is 2.50. The molecule has 4 aromatic rings. The molecule has 0 aliphatic rings. The molecule has 2 aromatic carbocycles. The van der Waals surface area contributed by atoms with Gasteiger partial charge < -0.3 is 0 Å². The Hall–Kier alpha value is -1.84. The molecule has 6 heteroatoms. The van der Waals surface area contributed by atoms with Crippen molar-refractivity contribution in [1.29, 1.82) is 0 Å². The second kappa shape index (κ2) is 7.05. The van der Waals surface area contributed by atoms with Crippen LogP contribution in [0.15, 0.2) is 36.4 Å². The molecule has 2 heterocycles. The monoisotopic (exact) mass is 480 g/mol. The fourth-order valence-corrected chi connectivity index (χ4v) is 9.44. The Morgan fingerprint density at radius 3 is 1.58 bits per heavy atom. The van der Waals surface area contributed by atoms with Gasteiger partial charge in [0, 0.05) is 0 Å². The Morgan fingerprint density at radius 1 is 0.769 bits per heavy atom. The predicted octanol–water partition coefficient (Wildman–Crippen LogP) is 3.61. The van der Waals surface area contributed by atoms with Gasteiger partial charge in [0.25, 0.3) is 0 Å². The van der Waals surface area contributed by atoms with Crippen molar-refractivity contribution < 1.29 is 19.1 Å². The molecule has 0 bridgehead atoms. The van der Waals surface area contributed by atoms with Gasteiger partial charge in [0.05, 0.1) is 0 Å². The molecule has 0 amide bonds. The number of carbonyl (C=O) groups is 2. The second-order valence-corrected chi connectivity index (χ2v) is 10.1. The number of benzene rings is 2. The number of esters is 2. The summed E-state index contributed by atoms with van der Waals surface area (Å²) in [5.41, 5.74) is 1.25. The van der Waals surface area contributed by atoms with E-state index >= 15 is 0 Å². The van der Waals surface area contributed by atoms with E-state index in [1.165, 1.54) is 27.8 Å². The molecule has 132 valence electrons. The van der Waals surface area contributed by atoms with Gasteiger partial charge >= 0.3 is 162 Å². The Bertz CT molecular complexity index is 1060. The molecule has 26 heavy (non-hydrogen) atoms. The number of carbonyl (C=O) groups excluding carboxylic acids is 2. The predicted molar refractivity (Wildman–Crippen MR) is 105 cm³/mol. The maximum atomic E-state index is 12.0. The zero-order valence-electron chi connectivity index (χ0n) is 14.3. The number of ether oxygens (including phenoxy) is 2. The van der Waals surface area contributed by atoms with Gasteiger partial charge in [-0.15, -0.1) is 0 Å². The molecule has 0 spiro atoms. The number of hydrogen-bond acceptors (Lipinski definition) is 4. The minimum absolute atomic E-state index is 0.172. The van der Waals surface area contributed by atoms with Crippen molar-refractivity contribution in [3.8, 4) is 0 Å². The average Bonchev–Trinajstić information content (AvgIpc) is 3.16. The van der Waals surface area contributed by atoms with Crippen LogP contribution in [0.2, 0.25) is 0 Å². The van der Waals surface area contributed by atoms with E-state index in [1.54, 1.807) is 0 Å². The van der Waals surface area contributed by atoms with Crippen LogP contribution in [0.3, 0.4) is 0 Å². The van der Waals surface area contributed by atoms with E-state index in [9.17, 15) is 9.59 Å². The van der Waals surface area contributed by atoms with Crippen LogP contribution in [-0.2, 0) is 9.47 Å². The molecule has 0 saturated carbocycles. The van der Waals surface area contributed by atoms with Crippen molar-refractivity contribution in [1.82, 2.24) is 0 Å². The molecular weight excluding hydrogens is 462 g/mol. The fraction of sp³-hybridized carbons (Fsp3) is 0.200. The van der Waals surface area contributed by atoms with Gasteiger partial charge in [-0.05, 0) is 0 Å². The molecule has 4 rings (SSSR count). The van der Waals surface area contributed by atoms with Crippen LogP contribution in [0.25, 0.3) is 27.8 Å². The first-order valence-corrected chi connectivity index (χ1v) is 11.8. The van der Waals surface area contributed by atoms with E-state index in [0.717, 1.165) is 0 Å². The Labute approximate surface area is 162 Å². The molecule has 0 atom stereocenters. The van der Waals surface area contributed by atoms with Crippen molar-refractivity contribution in [2.75, 3.05) is 13.2 Å². The van der Waals surface area contributed by atoms with Crippen LogP contribution in [0.5, 0.6) is 0 Å². The quantitative estimate of drug-likeness (QED) is 0.332. The topological polar surface area (TPSA) is 52.6 Å². The Kier molecular flexibility index (Phi) is 4.76. The molecule has 0 N–H and O–H groups in total. The van der Waals surface area contributed by atoms with E-state index in [0.29, 0.717) is 24.3 Å². The summed E-state index contributed by atoms with van der Waals surface area (Å²) < 4.78 is 15.5. The SMILES string of the molecule is CCOC(=O)c1ccc2c(c1)[se]c1c3ccc(C(=O)OCC)cc3[se]c21. The van der Waals surface area contributed by atoms with Gasteiger partial charge in [-0.2, -0.15) is 0 Å². The fourth-order valence-electron chi connectivity index (χ4n) is 2.94. The first kappa shape index (κ1) is 17.6. The maximum absolute atomic E-state index is 12.0. The minimum atomic E-state index is -0.261. The van der Waals surface area contributed by atoms with Gasteiger partial charge in [-0.25, -0.2) is 0 Å². The summed E-state index contributed by atoms with van der Waals surface area (Å²) in [6.07, 6.45) is 0. The summed E-state index contributed by atoms with van der Waals surface area (Å²) in [4.78, 5) is 24.0. The van der Waals surface area contributed by atoms with Crippen LogP contribution in [0.1, 0.15) is 34.6 Å². The Balaban J connectivity index is 1.83. The summed E-state index contributed by atoms with van der Waals surface area (Å²) >= 11 is 0.344. The van der Waals surface area contributed by atoms with E-state index in [1.807, 2.05) is 50.2 Å². The second-order valence-electron chi connectivity index (χ2n) is 5.73. The van der Waals surface area contributed by atoms with E-state index in [2.05, 4.69) is 0 Å². The normalized spacial score (nSPS) is 11.3. The van der Waals surface area contributed by atoms with Crippen molar-refractivity contribution in [2.45, 2.75) is 13.8 Å². The van der Waals surface area contributed by atoms with Crippen molar-refractivity contribution >= 4 is 68.8 Å². The third-order valence-corrected chi connectivity index (χ3v) is 9.74. The van der Waals surface area contributed by atoms with Crippen LogP contribution in [0.4, 0.5) is 0 Å². The van der Waals surface area contributed by atoms with E-state index < -0.39 is 0 Å². The summed E-state index contributed by atoms with van der Waals surface area (Å²) in [6.45, 7) is 4.40. The summed E-state index contributed by atoms with van der Waals surface area (Å²) in [6, 6.07) is 11.8. The van der Waals surface area contributed by atoms with Crippen molar-refractivity contribution in [2.24, 2.45) is 0 Å². The standard InChI is InChI=1S/C20H16O4Se2/c1-3-23-19(21)11-5-7-13-15(9-11)25-18-14-8-6-12(20(22)24-4-2)10-16(14)26-17(13)18/h5-10H,3-4H2,1-2H3. The van der Waals surface area contributed by atoms with Gasteiger partial charge in [0.2, 0.25) is 0 Å². The zero-order chi connectivity index (χ0) is 18.3. The molecule has 0 unspecified atom stereocenters. The molecular formula is C20H16O4Se2. The van der Waals surface area contributed by atoms with Crippen LogP contribution in [0, 0.1) is 0 Å². The van der Waals surface area contributed by atoms with Crippen molar-refractivity contribution in [3.05, 3.63) is 47.5 Å². The molecule has 2 aromatic heterocycles. The summed E-state index contributed by atoms with van der Waals surface area (Å²) in [5.74, 6) is -0.522. The molecule has 0 fully saturated rings. The summed E-state index contributed by atoms with van der Waals surface area (Å²) in [7, 11) is 0. The number of hydrogen-bond donors (Lipinski definition) is 0. The van der Waals surface area contributed by atoms with Gasteiger partial charge in [0.15, 0.2) is 0 Å². The third-order valence-electron chi connectivity index (χ3n) is 4.11. The molecule has 0 aliphatic heterocycles. The van der Waals surface area contributed by atoms with Crippen LogP contribution in [-0.4, -0.2) is 54.2 Å². The molecule has 4 nitrogen and oxygen atoms in total. The first-order valence-electron chi connectivity index (χ1n) is 8.35. The molecule has 0 saturated heterocycles. The third kappa shape index (κ3) is 2.93. The number of rotatable bonds is 4. The van der Waals surface area contributed by atoms with E-state index in [4.69, 9.17) is 9.47 Å². The van der Waals surface area contributed by atoms with Crippen LogP contribution >= 0.6 is 0 Å². The Morgan fingerprint density at radius 2 is 1.19 bits per heavy atom. The molecule has 0 aliphatic carbocycles. The average molecular weight is 478 g/mol. The van der Waals surface area contributed by atoms with Crippen LogP contribution < -0.4 is 0 Å². The zero-order valence-corrected chi connectivity index (χ0v) is 17.8. The van der Waals surface area contributed by atoms with Gasteiger partial charge in [-0.1, -0.05) is 0 Å². The first-order chi connectivity index (χ1) is 12.6.